The van der Waals surface area contributed by atoms with Crippen LogP contribution in [0.5, 0.6) is 0 Å². The third kappa shape index (κ3) is 4.65. The highest BCUT2D eigenvalue weighted by Gasteiger charge is 2.46. The normalized spacial score (nSPS) is 21.9. The topological polar surface area (TPSA) is 105 Å². The minimum atomic E-state index is -0.947. The quantitative estimate of drug-likeness (QED) is 0.535. The van der Waals surface area contributed by atoms with Gasteiger partial charge in [-0.3, -0.25) is 9.59 Å². The number of ether oxygens (including phenoxy) is 1. The van der Waals surface area contributed by atoms with E-state index in [1.54, 1.807) is 6.92 Å². The first-order valence-electron chi connectivity index (χ1n) is 12.0. The number of carbonyl (C=O) groups is 3. The van der Waals surface area contributed by atoms with E-state index in [0.717, 1.165) is 28.7 Å². The highest BCUT2D eigenvalue weighted by Crippen LogP contribution is 2.44. The van der Waals surface area contributed by atoms with Crippen molar-refractivity contribution in [2.75, 3.05) is 6.61 Å². The molecule has 1 saturated carbocycles. The van der Waals surface area contributed by atoms with Crippen molar-refractivity contribution >= 4 is 18.0 Å². The fraction of sp³-hybridized carbons (Fsp3) is 0.444. The minimum absolute atomic E-state index is 0.0300. The molecule has 2 aliphatic rings. The van der Waals surface area contributed by atoms with Crippen molar-refractivity contribution in [2.24, 2.45) is 5.41 Å². The third-order valence-corrected chi connectivity index (χ3v) is 7.37. The van der Waals surface area contributed by atoms with Crippen molar-refractivity contribution in [3.05, 3.63) is 59.7 Å². The number of nitrogens with one attached hydrogen (secondary N) is 2. The first-order chi connectivity index (χ1) is 16.3. The summed E-state index contributed by atoms with van der Waals surface area (Å²) in [6, 6.07) is 15.5. The van der Waals surface area contributed by atoms with Gasteiger partial charge >= 0.3 is 12.1 Å². The van der Waals surface area contributed by atoms with Crippen molar-refractivity contribution < 1.29 is 24.2 Å². The number of hydrogen-bond donors (Lipinski definition) is 3. The van der Waals surface area contributed by atoms with Crippen LogP contribution in [0.3, 0.4) is 0 Å². The molecule has 7 heteroatoms. The zero-order valence-electron chi connectivity index (χ0n) is 19.7. The molecule has 2 aromatic carbocycles. The largest absolute Gasteiger partial charge is 0.481 e. The minimum Gasteiger partial charge on any atom is -0.481 e. The molecule has 0 saturated heterocycles. The molecule has 7 nitrogen and oxygen atoms in total. The van der Waals surface area contributed by atoms with E-state index in [-0.39, 0.29) is 24.9 Å². The van der Waals surface area contributed by atoms with Crippen LogP contribution < -0.4 is 10.6 Å². The van der Waals surface area contributed by atoms with Crippen LogP contribution in [0.4, 0.5) is 4.79 Å². The SMILES string of the molecule is CC[C@@H](CC(=O)NC1CCCC1(C)C(=O)O)NC(=O)OCC1c2ccccc2-c2ccccc21. The highest BCUT2D eigenvalue weighted by molar-refractivity contribution is 5.81. The zero-order chi connectivity index (χ0) is 24.3. The Morgan fingerprint density at radius 3 is 2.29 bits per heavy atom. The summed E-state index contributed by atoms with van der Waals surface area (Å²) in [7, 11) is 0. The lowest BCUT2D eigenvalue weighted by Gasteiger charge is -2.28. The lowest BCUT2D eigenvalue weighted by atomic mass is 9.85. The Morgan fingerprint density at radius 1 is 1.09 bits per heavy atom. The van der Waals surface area contributed by atoms with Crippen LogP contribution in [0.15, 0.2) is 48.5 Å². The molecular weight excluding hydrogens is 432 g/mol. The molecule has 0 heterocycles. The zero-order valence-corrected chi connectivity index (χ0v) is 19.7. The second kappa shape index (κ2) is 9.87. The summed E-state index contributed by atoms with van der Waals surface area (Å²) in [5.74, 6) is -1.18. The maximum Gasteiger partial charge on any atom is 0.407 e. The Hall–Kier alpha value is -3.35. The van der Waals surface area contributed by atoms with Crippen molar-refractivity contribution in [1.82, 2.24) is 10.6 Å². The van der Waals surface area contributed by atoms with Crippen LogP contribution in [0.25, 0.3) is 11.1 Å². The molecule has 2 aliphatic carbocycles. The number of hydrogen-bond acceptors (Lipinski definition) is 4. The summed E-state index contributed by atoms with van der Waals surface area (Å²) in [6.07, 6.45) is 2.03. The van der Waals surface area contributed by atoms with Gasteiger partial charge in [-0.15, -0.1) is 0 Å². The van der Waals surface area contributed by atoms with Crippen molar-refractivity contribution in [3.8, 4) is 11.1 Å². The summed E-state index contributed by atoms with van der Waals surface area (Å²) in [5.41, 5.74) is 3.66. The van der Waals surface area contributed by atoms with E-state index in [2.05, 4.69) is 34.9 Å². The molecular formula is C27H32N2O5. The van der Waals surface area contributed by atoms with Gasteiger partial charge in [-0.2, -0.15) is 0 Å². The number of fused-ring (bicyclic) bond motifs is 3. The lowest BCUT2D eigenvalue weighted by molar-refractivity contribution is -0.149. The van der Waals surface area contributed by atoms with Crippen molar-refractivity contribution in [1.29, 1.82) is 0 Å². The van der Waals surface area contributed by atoms with Gasteiger partial charge in [-0.25, -0.2) is 4.79 Å². The average Bonchev–Trinajstić information content (AvgIpc) is 3.36. The van der Waals surface area contributed by atoms with Gasteiger partial charge in [0.05, 0.1) is 5.41 Å². The molecule has 2 amide bonds. The number of carbonyl (C=O) groups excluding carboxylic acids is 2. The van der Waals surface area contributed by atoms with E-state index in [9.17, 15) is 19.5 Å². The molecule has 34 heavy (non-hydrogen) atoms. The van der Waals surface area contributed by atoms with Crippen LogP contribution in [-0.4, -0.2) is 41.8 Å². The smallest absolute Gasteiger partial charge is 0.407 e. The molecule has 2 aromatic rings. The predicted molar refractivity (Wildman–Crippen MR) is 128 cm³/mol. The Labute approximate surface area is 199 Å². The summed E-state index contributed by atoms with van der Waals surface area (Å²) in [6.45, 7) is 3.78. The van der Waals surface area contributed by atoms with Crippen LogP contribution in [0.2, 0.25) is 0 Å². The number of carboxylic acids is 1. The summed E-state index contributed by atoms with van der Waals surface area (Å²) in [4.78, 5) is 36.8. The Kier molecular flexibility index (Phi) is 6.91. The Balaban J connectivity index is 1.32. The standard InChI is InChI=1S/C27H32N2O5/c1-3-17(15-24(30)29-23-13-8-14-27(23,2)25(31)32)28-26(33)34-16-22-20-11-6-4-9-18(20)19-10-5-7-12-21(19)22/h4-7,9-12,17,22-23H,3,8,13-16H2,1-2H3,(H,28,33)(H,29,30)(H,31,32)/t17-,23?,27?/m0/s1. The van der Waals surface area contributed by atoms with Crippen LogP contribution in [0.1, 0.15) is 63.0 Å². The molecule has 4 rings (SSSR count). The number of carboxylic acid groups (broad SMARTS) is 1. The van der Waals surface area contributed by atoms with Gasteiger partial charge in [0.25, 0.3) is 0 Å². The fourth-order valence-corrected chi connectivity index (χ4v) is 5.23. The maximum absolute atomic E-state index is 12.6. The maximum atomic E-state index is 12.6. The van der Waals surface area contributed by atoms with E-state index in [1.165, 1.54) is 0 Å². The molecule has 180 valence electrons. The van der Waals surface area contributed by atoms with Gasteiger partial charge in [0, 0.05) is 24.4 Å². The monoisotopic (exact) mass is 464 g/mol. The Bertz CT molecular complexity index is 1040. The van der Waals surface area contributed by atoms with Crippen molar-refractivity contribution in [3.63, 3.8) is 0 Å². The number of alkyl carbamates (subject to hydrolysis) is 1. The molecule has 0 bridgehead atoms. The molecule has 2 unspecified atom stereocenters. The van der Waals surface area contributed by atoms with Crippen LogP contribution in [-0.2, 0) is 14.3 Å². The summed E-state index contributed by atoms with van der Waals surface area (Å²) < 4.78 is 5.59. The lowest BCUT2D eigenvalue weighted by Crippen LogP contribution is -2.48. The van der Waals surface area contributed by atoms with Gasteiger partial charge in [-0.05, 0) is 48.4 Å². The molecule has 3 N–H and O–H groups in total. The Morgan fingerprint density at radius 2 is 1.71 bits per heavy atom. The number of benzene rings is 2. The average molecular weight is 465 g/mol. The number of amides is 2. The number of aliphatic carboxylic acids is 1. The van der Waals surface area contributed by atoms with Gasteiger partial charge in [0.15, 0.2) is 0 Å². The third-order valence-electron chi connectivity index (χ3n) is 7.37. The number of rotatable bonds is 8. The van der Waals surface area contributed by atoms with E-state index in [4.69, 9.17) is 4.74 Å². The first kappa shape index (κ1) is 23.8. The molecule has 0 aromatic heterocycles. The fourth-order valence-electron chi connectivity index (χ4n) is 5.23. The summed E-state index contributed by atoms with van der Waals surface area (Å²) >= 11 is 0. The van der Waals surface area contributed by atoms with Crippen LogP contribution in [0, 0.1) is 5.41 Å². The van der Waals surface area contributed by atoms with Crippen LogP contribution >= 0.6 is 0 Å². The second-order valence-electron chi connectivity index (χ2n) is 9.51. The van der Waals surface area contributed by atoms with Gasteiger partial charge < -0.3 is 20.5 Å². The first-order valence-corrected chi connectivity index (χ1v) is 12.0. The highest BCUT2D eigenvalue weighted by atomic mass is 16.5. The molecule has 0 spiro atoms. The van der Waals surface area contributed by atoms with Gasteiger partial charge in [-0.1, -0.05) is 61.9 Å². The van der Waals surface area contributed by atoms with E-state index in [1.807, 2.05) is 31.2 Å². The molecule has 0 radical (unpaired) electrons. The van der Waals surface area contributed by atoms with E-state index in [0.29, 0.717) is 19.3 Å². The van der Waals surface area contributed by atoms with E-state index < -0.39 is 29.6 Å². The molecule has 1 fully saturated rings. The van der Waals surface area contributed by atoms with E-state index >= 15 is 0 Å². The van der Waals surface area contributed by atoms with Gasteiger partial charge in [0.2, 0.25) is 5.91 Å². The molecule has 0 aliphatic heterocycles. The molecule has 3 atom stereocenters. The van der Waals surface area contributed by atoms with Crippen molar-refractivity contribution in [2.45, 2.75) is 64.0 Å². The van der Waals surface area contributed by atoms with Gasteiger partial charge in [0.1, 0.15) is 6.61 Å². The predicted octanol–water partition coefficient (Wildman–Crippen LogP) is 4.45. The second-order valence-corrected chi connectivity index (χ2v) is 9.51. The summed E-state index contributed by atoms with van der Waals surface area (Å²) in [5, 5.41) is 15.2.